The number of rotatable bonds is 0. The van der Waals surface area contributed by atoms with Gasteiger partial charge in [-0.2, -0.15) is 0 Å². The molecule has 0 radical (unpaired) electrons. The fraction of sp³-hybridized carbons (Fsp3) is 0.455. The van der Waals surface area contributed by atoms with E-state index in [2.05, 4.69) is 5.32 Å². The van der Waals surface area contributed by atoms with E-state index in [1.54, 1.807) is 6.07 Å². The number of fused-ring (bicyclic) bond motifs is 1. The van der Waals surface area contributed by atoms with Crippen molar-refractivity contribution in [3.05, 3.63) is 24.0 Å². The Hall–Kier alpha value is -0.930. The molecule has 2 nitrogen and oxygen atoms in total. The highest BCUT2D eigenvalue weighted by Gasteiger charge is 2.15. The zero-order valence-electron chi connectivity index (χ0n) is 7.96. The Balaban J connectivity index is 0.000000107. The highest BCUT2D eigenvalue weighted by molar-refractivity contribution is 5.81. The van der Waals surface area contributed by atoms with Gasteiger partial charge in [0.05, 0.1) is 6.10 Å². The van der Waals surface area contributed by atoms with Crippen LogP contribution in [-0.2, 0) is 0 Å². The van der Waals surface area contributed by atoms with Crippen LogP contribution in [0.25, 0.3) is 11.1 Å². The summed E-state index contributed by atoms with van der Waals surface area (Å²) in [5.41, 5.74) is 1.87. The van der Waals surface area contributed by atoms with E-state index in [1.165, 1.54) is 6.07 Å². The Kier molecular flexibility index (Phi) is 2.79. The first-order valence-electron chi connectivity index (χ1n) is 4.96. The van der Waals surface area contributed by atoms with Gasteiger partial charge in [-0.1, -0.05) is 6.07 Å². The minimum Gasteiger partial charge on any atom is -0.393 e. The van der Waals surface area contributed by atoms with Crippen LogP contribution in [0.15, 0.2) is 18.2 Å². The molecule has 0 unspecified atom stereocenters. The Bertz CT molecular complexity index is 321. The average molecular weight is 195 g/mol. The number of hydrogen-bond donors (Lipinski definition) is 2. The third kappa shape index (κ3) is 2.30. The van der Waals surface area contributed by atoms with Gasteiger partial charge >= 0.3 is 0 Å². The third-order valence-corrected chi connectivity index (χ3v) is 2.50. The normalized spacial score (nSPS) is 18.4. The van der Waals surface area contributed by atoms with E-state index in [9.17, 15) is 4.39 Å². The van der Waals surface area contributed by atoms with Gasteiger partial charge < -0.3 is 10.4 Å². The summed E-state index contributed by atoms with van der Waals surface area (Å²) in [7, 11) is 0. The lowest BCUT2D eigenvalue weighted by Crippen LogP contribution is -2.30. The smallest absolute Gasteiger partial charge is 0.131 e. The summed E-state index contributed by atoms with van der Waals surface area (Å²) in [6, 6.07) is 5.10. The van der Waals surface area contributed by atoms with Crippen molar-refractivity contribution in [3.8, 4) is 11.1 Å². The monoisotopic (exact) mass is 195 g/mol. The van der Waals surface area contributed by atoms with Gasteiger partial charge in [0.15, 0.2) is 0 Å². The zero-order chi connectivity index (χ0) is 9.97. The molecule has 0 aromatic carbocycles. The summed E-state index contributed by atoms with van der Waals surface area (Å²) < 4.78 is 12.1. The molecule has 76 valence electrons. The minimum absolute atomic E-state index is 0.0266. The fourth-order valence-corrected chi connectivity index (χ4v) is 1.52. The Labute approximate surface area is 82.8 Å². The highest BCUT2D eigenvalue weighted by Crippen LogP contribution is 2.36. The number of aliphatic hydroxyl groups is 1. The van der Waals surface area contributed by atoms with E-state index in [0.717, 1.165) is 37.1 Å². The molecule has 2 aliphatic carbocycles. The fourth-order valence-electron chi connectivity index (χ4n) is 1.52. The number of halogens is 1. The molecule has 1 aliphatic heterocycles. The minimum atomic E-state index is -0.0741. The van der Waals surface area contributed by atoms with Crippen molar-refractivity contribution in [2.24, 2.45) is 0 Å². The second-order valence-electron chi connectivity index (χ2n) is 3.68. The Morgan fingerprint density at radius 3 is 2.21 bits per heavy atom. The van der Waals surface area contributed by atoms with E-state index in [4.69, 9.17) is 5.11 Å². The standard InChI is InChI=1S/C6H3F.C5H11NO/c7-6-2-1-4-3-5(4)6;7-5-1-3-6-4-2-5/h1-3H;5-7H,1-4H2. The average Bonchev–Trinajstić information content (AvgIpc) is 2.89. The first-order chi connectivity index (χ1) is 6.77. The van der Waals surface area contributed by atoms with Crippen LogP contribution in [0.4, 0.5) is 4.39 Å². The van der Waals surface area contributed by atoms with E-state index in [-0.39, 0.29) is 11.9 Å². The number of hydrogen-bond acceptors (Lipinski definition) is 2. The topological polar surface area (TPSA) is 32.3 Å². The Morgan fingerprint density at radius 2 is 2.00 bits per heavy atom. The van der Waals surface area contributed by atoms with Crippen LogP contribution in [-0.4, -0.2) is 24.3 Å². The molecule has 3 aliphatic rings. The molecule has 3 heteroatoms. The molecule has 1 fully saturated rings. The van der Waals surface area contributed by atoms with E-state index < -0.39 is 0 Å². The van der Waals surface area contributed by atoms with Crippen molar-refractivity contribution in [3.63, 3.8) is 0 Å². The van der Waals surface area contributed by atoms with E-state index >= 15 is 0 Å². The molecular formula is C11H14FNO. The van der Waals surface area contributed by atoms with Gasteiger partial charge in [-0.3, -0.25) is 0 Å². The third-order valence-electron chi connectivity index (χ3n) is 2.50. The van der Waals surface area contributed by atoms with Crippen molar-refractivity contribution in [2.45, 2.75) is 18.9 Å². The van der Waals surface area contributed by atoms with Gasteiger partial charge in [0.2, 0.25) is 0 Å². The predicted octanol–water partition coefficient (Wildman–Crippen LogP) is 1.54. The second-order valence-corrected chi connectivity index (χ2v) is 3.68. The van der Waals surface area contributed by atoms with Gasteiger partial charge in [0, 0.05) is 5.56 Å². The molecule has 1 saturated heterocycles. The maximum atomic E-state index is 12.1. The van der Waals surface area contributed by atoms with Gasteiger partial charge in [-0.25, -0.2) is 4.39 Å². The second kappa shape index (κ2) is 4.07. The molecule has 3 rings (SSSR count). The maximum Gasteiger partial charge on any atom is 0.131 e. The first-order valence-corrected chi connectivity index (χ1v) is 4.96. The lowest BCUT2D eigenvalue weighted by molar-refractivity contribution is 0.137. The molecule has 0 aromatic rings. The van der Waals surface area contributed by atoms with Gasteiger partial charge in [-0.15, -0.1) is 0 Å². The number of benzene rings is 1. The van der Waals surface area contributed by atoms with Crippen molar-refractivity contribution in [1.82, 2.24) is 5.32 Å². The molecule has 14 heavy (non-hydrogen) atoms. The van der Waals surface area contributed by atoms with Gasteiger partial charge in [0.25, 0.3) is 0 Å². The largest absolute Gasteiger partial charge is 0.393 e. The molecule has 0 atom stereocenters. The van der Waals surface area contributed by atoms with Crippen molar-refractivity contribution >= 4 is 0 Å². The molecule has 0 saturated carbocycles. The summed E-state index contributed by atoms with van der Waals surface area (Å²) in [4.78, 5) is 0. The molecule has 1 heterocycles. The van der Waals surface area contributed by atoms with Gasteiger partial charge in [-0.05, 0) is 43.6 Å². The molecule has 0 spiro atoms. The van der Waals surface area contributed by atoms with Crippen LogP contribution in [0.2, 0.25) is 0 Å². The van der Waals surface area contributed by atoms with Crippen molar-refractivity contribution in [2.75, 3.05) is 13.1 Å². The van der Waals surface area contributed by atoms with Crippen LogP contribution in [0, 0.1) is 5.82 Å². The number of nitrogens with one attached hydrogen (secondary N) is 1. The molecule has 2 N–H and O–H groups in total. The number of aliphatic hydroxyl groups excluding tert-OH is 1. The first kappa shape index (κ1) is 9.62. The number of piperidine rings is 1. The SMILES string of the molecule is Fc1ccc2cc1-2.OC1CCNCC1. The summed E-state index contributed by atoms with van der Waals surface area (Å²) in [5.74, 6) is -0.0741. The molecule has 0 amide bonds. The quantitative estimate of drug-likeness (QED) is 0.668. The van der Waals surface area contributed by atoms with Crippen molar-refractivity contribution in [1.29, 1.82) is 0 Å². The molecular weight excluding hydrogens is 181 g/mol. The van der Waals surface area contributed by atoms with Crippen LogP contribution < -0.4 is 5.32 Å². The van der Waals surface area contributed by atoms with Crippen molar-refractivity contribution < 1.29 is 9.50 Å². The molecule has 0 bridgehead atoms. The summed E-state index contributed by atoms with van der Waals surface area (Å²) >= 11 is 0. The van der Waals surface area contributed by atoms with Crippen LogP contribution in [0.1, 0.15) is 12.8 Å². The van der Waals surface area contributed by atoms with Crippen LogP contribution in [0.5, 0.6) is 0 Å². The zero-order valence-corrected chi connectivity index (χ0v) is 7.96. The summed E-state index contributed by atoms with van der Waals surface area (Å²) in [6.07, 6.45) is 1.83. The van der Waals surface area contributed by atoms with Gasteiger partial charge in [0.1, 0.15) is 5.82 Å². The highest BCUT2D eigenvalue weighted by atomic mass is 19.1. The predicted molar refractivity (Wildman–Crippen MR) is 53.5 cm³/mol. The lowest BCUT2D eigenvalue weighted by Gasteiger charge is -2.16. The van der Waals surface area contributed by atoms with Crippen LogP contribution >= 0.6 is 0 Å². The van der Waals surface area contributed by atoms with E-state index in [0.29, 0.717) is 0 Å². The van der Waals surface area contributed by atoms with E-state index in [1.807, 2.05) is 6.07 Å². The summed E-state index contributed by atoms with van der Waals surface area (Å²) in [5, 5.41) is 12.0. The Morgan fingerprint density at radius 1 is 1.29 bits per heavy atom. The lowest BCUT2D eigenvalue weighted by atomic mass is 10.1. The van der Waals surface area contributed by atoms with Crippen LogP contribution in [0.3, 0.4) is 0 Å². The molecule has 0 aromatic heterocycles. The summed E-state index contributed by atoms with van der Waals surface area (Å²) in [6.45, 7) is 1.97. The maximum absolute atomic E-state index is 12.1.